The molecule has 0 bridgehead atoms. The van der Waals surface area contributed by atoms with E-state index in [2.05, 4.69) is 10.3 Å². The van der Waals surface area contributed by atoms with Gasteiger partial charge in [-0.3, -0.25) is 4.99 Å². The Morgan fingerprint density at radius 3 is 2.50 bits per heavy atom. The van der Waals surface area contributed by atoms with Gasteiger partial charge in [-0.15, -0.1) is 0 Å². The van der Waals surface area contributed by atoms with Crippen LogP contribution < -0.4 is 11.1 Å². The minimum absolute atomic E-state index is 0.140. The van der Waals surface area contributed by atoms with Crippen molar-refractivity contribution in [2.45, 2.75) is 51.1 Å². The van der Waals surface area contributed by atoms with Gasteiger partial charge in [0.1, 0.15) is 0 Å². The number of nitrogens with two attached hydrogens (primary N) is 1. The highest BCUT2D eigenvalue weighted by Crippen LogP contribution is 2.28. The molecule has 14 heavy (non-hydrogen) atoms. The van der Waals surface area contributed by atoms with Crippen LogP contribution >= 0.6 is 0 Å². The molecule has 4 nitrogen and oxygen atoms in total. The summed E-state index contributed by atoms with van der Waals surface area (Å²) in [5.74, 6) is 0.455. The zero-order valence-corrected chi connectivity index (χ0v) is 9.08. The monoisotopic (exact) mass is 199 g/mol. The summed E-state index contributed by atoms with van der Waals surface area (Å²) in [5.41, 5.74) is 5.54. The molecule has 0 atom stereocenters. The van der Waals surface area contributed by atoms with Gasteiger partial charge in [0.25, 0.3) is 0 Å². The van der Waals surface area contributed by atoms with E-state index in [1.807, 2.05) is 13.8 Å². The highest BCUT2D eigenvalue weighted by atomic mass is 16.3. The molecule has 0 heterocycles. The van der Waals surface area contributed by atoms with Gasteiger partial charge in [0.05, 0.1) is 12.1 Å². The van der Waals surface area contributed by atoms with Crippen LogP contribution in [-0.4, -0.2) is 29.3 Å². The van der Waals surface area contributed by atoms with Gasteiger partial charge < -0.3 is 16.2 Å². The largest absolute Gasteiger partial charge is 0.394 e. The minimum atomic E-state index is -0.206. The molecule has 0 amide bonds. The van der Waals surface area contributed by atoms with Gasteiger partial charge >= 0.3 is 0 Å². The van der Waals surface area contributed by atoms with Crippen LogP contribution in [0.1, 0.15) is 39.5 Å². The SMILES string of the molecule is CC(C)N=C(N)NC1(CO)CCCC1. The molecule has 0 saturated heterocycles. The fourth-order valence-electron chi connectivity index (χ4n) is 1.96. The van der Waals surface area contributed by atoms with Crippen molar-refractivity contribution in [3.05, 3.63) is 0 Å². The predicted molar refractivity (Wildman–Crippen MR) is 58.2 cm³/mol. The number of rotatable bonds is 3. The van der Waals surface area contributed by atoms with Crippen molar-refractivity contribution in [3.63, 3.8) is 0 Å². The van der Waals surface area contributed by atoms with E-state index < -0.39 is 0 Å². The summed E-state index contributed by atoms with van der Waals surface area (Å²) in [5, 5.41) is 12.5. The molecule has 4 heteroatoms. The molecule has 1 rings (SSSR count). The molecule has 0 unspecified atom stereocenters. The van der Waals surface area contributed by atoms with E-state index in [-0.39, 0.29) is 18.2 Å². The van der Waals surface area contributed by atoms with Crippen LogP contribution in [0, 0.1) is 0 Å². The highest BCUT2D eigenvalue weighted by Gasteiger charge is 2.33. The van der Waals surface area contributed by atoms with Gasteiger partial charge in [-0.1, -0.05) is 12.8 Å². The molecule has 82 valence electrons. The zero-order chi connectivity index (χ0) is 10.6. The lowest BCUT2D eigenvalue weighted by molar-refractivity contribution is 0.182. The van der Waals surface area contributed by atoms with E-state index >= 15 is 0 Å². The first-order valence-electron chi connectivity index (χ1n) is 5.30. The van der Waals surface area contributed by atoms with Crippen molar-refractivity contribution in [1.29, 1.82) is 0 Å². The highest BCUT2D eigenvalue weighted by molar-refractivity contribution is 5.78. The average molecular weight is 199 g/mol. The Bertz CT molecular complexity index is 207. The summed E-state index contributed by atoms with van der Waals surface area (Å²) in [4.78, 5) is 4.21. The summed E-state index contributed by atoms with van der Waals surface area (Å²) in [7, 11) is 0. The minimum Gasteiger partial charge on any atom is -0.394 e. The molecule has 0 aliphatic heterocycles. The molecule has 0 aromatic carbocycles. The zero-order valence-electron chi connectivity index (χ0n) is 9.08. The van der Waals surface area contributed by atoms with Crippen molar-refractivity contribution in [3.8, 4) is 0 Å². The Labute approximate surface area is 85.6 Å². The van der Waals surface area contributed by atoms with Gasteiger partial charge in [-0.2, -0.15) is 0 Å². The van der Waals surface area contributed by atoms with E-state index in [4.69, 9.17) is 5.73 Å². The topological polar surface area (TPSA) is 70.6 Å². The van der Waals surface area contributed by atoms with E-state index in [1.165, 1.54) is 0 Å². The number of aliphatic hydroxyl groups is 1. The first-order valence-corrected chi connectivity index (χ1v) is 5.30. The van der Waals surface area contributed by atoms with Crippen LogP contribution in [0.15, 0.2) is 4.99 Å². The fraction of sp³-hybridized carbons (Fsp3) is 0.900. The van der Waals surface area contributed by atoms with Gasteiger partial charge in [0.15, 0.2) is 5.96 Å². The molecule has 4 N–H and O–H groups in total. The van der Waals surface area contributed by atoms with Crippen LogP contribution in [0.4, 0.5) is 0 Å². The lowest BCUT2D eigenvalue weighted by Crippen LogP contribution is -2.52. The fourth-order valence-corrected chi connectivity index (χ4v) is 1.96. The van der Waals surface area contributed by atoms with Gasteiger partial charge in [-0.05, 0) is 26.7 Å². The third-order valence-corrected chi connectivity index (χ3v) is 2.65. The van der Waals surface area contributed by atoms with Gasteiger partial charge in [0.2, 0.25) is 0 Å². The van der Waals surface area contributed by atoms with Crippen molar-refractivity contribution in [1.82, 2.24) is 5.32 Å². The molecule has 0 radical (unpaired) electrons. The molecule has 0 aromatic heterocycles. The molecule has 1 fully saturated rings. The van der Waals surface area contributed by atoms with Crippen LogP contribution in [0.2, 0.25) is 0 Å². The van der Waals surface area contributed by atoms with Gasteiger partial charge in [0, 0.05) is 6.04 Å². The predicted octanol–water partition coefficient (Wildman–Crippen LogP) is 0.604. The smallest absolute Gasteiger partial charge is 0.189 e. The number of nitrogens with one attached hydrogen (secondary N) is 1. The standard InChI is InChI=1S/C10H21N3O/c1-8(2)12-9(11)13-10(7-14)5-3-4-6-10/h8,14H,3-7H2,1-2H3,(H3,11,12,13). The Morgan fingerprint density at radius 2 is 2.07 bits per heavy atom. The van der Waals surface area contributed by atoms with E-state index in [0.717, 1.165) is 25.7 Å². The number of guanidine groups is 1. The second-order valence-electron chi connectivity index (χ2n) is 4.38. The molecular weight excluding hydrogens is 178 g/mol. The Morgan fingerprint density at radius 1 is 1.50 bits per heavy atom. The molecule has 0 spiro atoms. The summed E-state index contributed by atoms with van der Waals surface area (Å²) in [6.07, 6.45) is 4.28. The van der Waals surface area contributed by atoms with Crippen LogP contribution in [0.5, 0.6) is 0 Å². The van der Waals surface area contributed by atoms with Crippen molar-refractivity contribution in [2.24, 2.45) is 10.7 Å². The van der Waals surface area contributed by atoms with Crippen molar-refractivity contribution >= 4 is 5.96 Å². The number of hydrogen-bond donors (Lipinski definition) is 3. The normalized spacial score (nSPS) is 21.6. The number of hydrogen-bond acceptors (Lipinski definition) is 2. The third kappa shape index (κ3) is 2.87. The second-order valence-corrected chi connectivity index (χ2v) is 4.38. The Balaban J connectivity index is 2.56. The maximum absolute atomic E-state index is 9.33. The average Bonchev–Trinajstić information content (AvgIpc) is 2.52. The molecule has 1 aliphatic rings. The number of aliphatic imine (C=N–C) groups is 1. The van der Waals surface area contributed by atoms with Crippen LogP contribution in [0.25, 0.3) is 0 Å². The van der Waals surface area contributed by atoms with Crippen LogP contribution in [-0.2, 0) is 0 Å². The summed E-state index contributed by atoms with van der Waals surface area (Å²) in [6, 6.07) is 0.194. The summed E-state index contributed by atoms with van der Waals surface area (Å²) < 4.78 is 0. The first kappa shape index (κ1) is 11.3. The summed E-state index contributed by atoms with van der Waals surface area (Å²) >= 11 is 0. The lowest BCUT2D eigenvalue weighted by atomic mass is 9.99. The Hall–Kier alpha value is -0.770. The summed E-state index contributed by atoms with van der Waals surface area (Å²) in [6.45, 7) is 4.10. The molecule has 1 aliphatic carbocycles. The molecule has 0 aromatic rings. The third-order valence-electron chi connectivity index (χ3n) is 2.65. The number of nitrogens with zero attached hydrogens (tertiary/aromatic N) is 1. The second kappa shape index (κ2) is 4.64. The molecular formula is C10H21N3O. The molecule has 1 saturated carbocycles. The van der Waals surface area contributed by atoms with Crippen molar-refractivity contribution in [2.75, 3.05) is 6.61 Å². The Kier molecular flexibility index (Phi) is 3.75. The first-order chi connectivity index (χ1) is 6.58. The lowest BCUT2D eigenvalue weighted by Gasteiger charge is -2.28. The maximum Gasteiger partial charge on any atom is 0.189 e. The van der Waals surface area contributed by atoms with Crippen molar-refractivity contribution < 1.29 is 5.11 Å². The van der Waals surface area contributed by atoms with E-state index in [0.29, 0.717) is 5.96 Å². The van der Waals surface area contributed by atoms with E-state index in [1.54, 1.807) is 0 Å². The number of aliphatic hydroxyl groups excluding tert-OH is 1. The van der Waals surface area contributed by atoms with Gasteiger partial charge in [-0.25, -0.2) is 0 Å². The maximum atomic E-state index is 9.33. The van der Waals surface area contributed by atoms with Crippen LogP contribution in [0.3, 0.4) is 0 Å². The van der Waals surface area contributed by atoms with E-state index in [9.17, 15) is 5.11 Å². The quantitative estimate of drug-likeness (QED) is 0.460.